The lowest BCUT2D eigenvalue weighted by atomic mass is 10.4. The van der Waals surface area contributed by atoms with Gasteiger partial charge in [0.25, 0.3) is 0 Å². The maximum atomic E-state index is 5.18. The fourth-order valence-corrected chi connectivity index (χ4v) is 15.6. The molecule has 0 bridgehead atoms. The number of nitrogens with zero attached hydrogens (tertiary/aromatic N) is 2. The highest BCUT2D eigenvalue weighted by atomic mass is 28.3. The third-order valence-electron chi connectivity index (χ3n) is 7.37. The second kappa shape index (κ2) is 17.2. The molecule has 44 heavy (non-hydrogen) atoms. The Morgan fingerprint density at radius 1 is 0.455 bits per heavy atom. The fourth-order valence-electron chi connectivity index (χ4n) is 5.17. The van der Waals surface area contributed by atoms with Crippen LogP contribution in [0.25, 0.3) is 0 Å². The first kappa shape index (κ1) is 31.2. The molecule has 6 aromatic carbocycles. The van der Waals surface area contributed by atoms with Crippen LogP contribution in [0.5, 0.6) is 0 Å². The maximum absolute atomic E-state index is 5.18. The number of benzene rings is 6. The molecule has 0 aliphatic carbocycles. The SMILES string of the molecule is CC[N+]([SiH2]c1ccccc1)=[Si](c1ccccc1)c1ccccc1.c1ccc([SiH2]N=[Si](c2ccccc2)c2ccccc2)cc1. The first-order valence-corrected chi connectivity index (χ1v) is 20.8. The zero-order chi connectivity index (χ0) is 30.2. The van der Waals surface area contributed by atoms with Crippen LogP contribution in [-0.4, -0.2) is 47.0 Å². The monoisotopic (exact) mass is 635 g/mol. The molecule has 216 valence electrons. The zero-order valence-corrected chi connectivity index (χ0v) is 30.2. The smallest absolute Gasteiger partial charge is 0.387 e. The summed E-state index contributed by atoms with van der Waals surface area (Å²) in [6.45, 7) is 3.41. The van der Waals surface area contributed by atoms with Crippen LogP contribution in [0.3, 0.4) is 0 Å². The van der Waals surface area contributed by atoms with Crippen LogP contribution in [0.1, 0.15) is 6.92 Å². The van der Waals surface area contributed by atoms with Crippen molar-refractivity contribution in [3.05, 3.63) is 182 Å². The van der Waals surface area contributed by atoms with E-state index >= 15 is 0 Å². The summed E-state index contributed by atoms with van der Waals surface area (Å²) in [7, 11) is -2.93. The normalized spacial score (nSPS) is 10.8. The van der Waals surface area contributed by atoms with Crippen LogP contribution in [0.2, 0.25) is 0 Å². The summed E-state index contributed by atoms with van der Waals surface area (Å²) < 4.78 is 7.94. The van der Waals surface area contributed by atoms with E-state index in [1.54, 1.807) is 0 Å². The Hall–Kier alpha value is -4.21. The molecule has 0 fully saturated rings. The van der Waals surface area contributed by atoms with E-state index in [2.05, 4.69) is 193 Å². The molecule has 0 N–H and O–H groups in total. The molecule has 0 saturated heterocycles. The van der Waals surface area contributed by atoms with Crippen molar-refractivity contribution in [3.8, 4) is 0 Å². The van der Waals surface area contributed by atoms with Gasteiger partial charge < -0.3 is 8.18 Å². The Balaban J connectivity index is 0.000000175. The zero-order valence-electron chi connectivity index (χ0n) is 25.3. The van der Waals surface area contributed by atoms with Gasteiger partial charge in [-0.1, -0.05) is 182 Å². The van der Waals surface area contributed by atoms with Crippen molar-refractivity contribution in [1.29, 1.82) is 0 Å². The van der Waals surface area contributed by atoms with Crippen LogP contribution < -0.4 is 31.1 Å². The largest absolute Gasteiger partial charge is 0.389 e. The molecule has 6 rings (SSSR count). The van der Waals surface area contributed by atoms with Gasteiger partial charge in [-0.2, -0.15) is 0 Å². The molecule has 0 atom stereocenters. The Bertz CT molecular complexity index is 1660. The van der Waals surface area contributed by atoms with E-state index in [9.17, 15) is 0 Å². The molecule has 6 aromatic rings. The summed E-state index contributed by atoms with van der Waals surface area (Å²) in [4.78, 5) is 0. The van der Waals surface area contributed by atoms with E-state index in [1.807, 2.05) is 0 Å². The maximum Gasteiger partial charge on any atom is 0.389 e. The van der Waals surface area contributed by atoms with E-state index < -0.39 is 36.5 Å². The molecule has 6 heteroatoms. The number of rotatable bonds is 9. The van der Waals surface area contributed by atoms with Gasteiger partial charge in [-0.05, 0) is 27.7 Å². The van der Waals surface area contributed by atoms with Gasteiger partial charge in [-0.15, -0.1) is 0 Å². The van der Waals surface area contributed by atoms with Gasteiger partial charge in [-0.3, -0.25) is 0 Å². The molecule has 0 aliphatic rings. The molecule has 0 radical (unpaired) electrons. The van der Waals surface area contributed by atoms with Crippen LogP contribution in [0.15, 0.2) is 186 Å². The lowest BCUT2D eigenvalue weighted by Gasteiger charge is -2.10. The van der Waals surface area contributed by atoms with Crippen LogP contribution in [-0.2, 0) is 0 Å². The topological polar surface area (TPSA) is 15.4 Å². The summed E-state index contributed by atoms with van der Waals surface area (Å²) in [5.41, 5.74) is 0. The van der Waals surface area contributed by atoms with E-state index in [1.165, 1.54) is 31.1 Å². The van der Waals surface area contributed by atoms with Gasteiger partial charge in [-0.25, -0.2) is 0 Å². The van der Waals surface area contributed by atoms with Gasteiger partial charge in [0.1, 0.15) is 6.54 Å². The average Bonchev–Trinajstić information content (AvgIpc) is 3.11. The minimum Gasteiger partial charge on any atom is -0.387 e. The third kappa shape index (κ3) is 9.14. The molecule has 2 nitrogen and oxygen atoms in total. The summed E-state index contributed by atoms with van der Waals surface area (Å²) in [5.74, 6) is 0. The average molecular weight is 636 g/mol. The second-order valence-electron chi connectivity index (χ2n) is 10.5. The van der Waals surface area contributed by atoms with E-state index in [0.717, 1.165) is 6.54 Å². The van der Waals surface area contributed by atoms with Gasteiger partial charge in [0, 0.05) is 10.4 Å². The molecular weight excluding hydrogens is 597 g/mol. The third-order valence-corrected chi connectivity index (χ3v) is 17.7. The molecule has 0 saturated carbocycles. The Morgan fingerprint density at radius 2 is 0.795 bits per heavy atom. The van der Waals surface area contributed by atoms with Gasteiger partial charge in [0.15, 0.2) is 18.3 Å². The molecule has 0 amide bonds. The summed E-state index contributed by atoms with van der Waals surface area (Å²) in [6.07, 6.45) is 0. The van der Waals surface area contributed by atoms with E-state index in [0.29, 0.717) is 0 Å². The number of hydrogen-bond acceptors (Lipinski definition) is 1. The highest BCUT2D eigenvalue weighted by molar-refractivity contribution is 6.80. The lowest BCUT2D eigenvalue weighted by molar-refractivity contribution is -0.360. The van der Waals surface area contributed by atoms with Crippen LogP contribution in [0.4, 0.5) is 0 Å². The molecule has 0 spiro atoms. The lowest BCUT2D eigenvalue weighted by Crippen LogP contribution is -2.46. The van der Waals surface area contributed by atoms with E-state index in [4.69, 9.17) is 4.30 Å². The first-order valence-electron chi connectivity index (χ1n) is 15.3. The Kier molecular flexibility index (Phi) is 12.2. The van der Waals surface area contributed by atoms with Gasteiger partial charge >= 0.3 is 18.3 Å². The van der Waals surface area contributed by atoms with Crippen LogP contribution in [0, 0.1) is 0 Å². The molecule has 0 aromatic heterocycles. The Morgan fingerprint density at radius 3 is 1.18 bits per heavy atom. The first-order chi connectivity index (χ1) is 21.8. The highest BCUT2D eigenvalue weighted by Crippen LogP contribution is 1.93. The van der Waals surface area contributed by atoms with Crippen molar-refractivity contribution in [2.45, 2.75) is 6.92 Å². The predicted molar refractivity (Wildman–Crippen MR) is 198 cm³/mol. The van der Waals surface area contributed by atoms with Gasteiger partial charge in [0.05, 0.1) is 0 Å². The molecule has 0 unspecified atom stereocenters. The van der Waals surface area contributed by atoms with E-state index in [-0.39, 0.29) is 0 Å². The number of hydrogen-bond donors (Lipinski definition) is 0. The van der Waals surface area contributed by atoms with Crippen LogP contribution >= 0.6 is 0 Å². The van der Waals surface area contributed by atoms with Gasteiger partial charge in [0.2, 0.25) is 0 Å². The Labute approximate surface area is 270 Å². The summed E-state index contributed by atoms with van der Waals surface area (Å²) in [5, 5.41) is 8.63. The summed E-state index contributed by atoms with van der Waals surface area (Å²) >= 11 is 0. The molecule has 0 heterocycles. The minimum absolute atomic E-state index is 0.454. The van der Waals surface area contributed by atoms with Crippen molar-refractivity contribution in [3.63, 3.8) is 0 Å². The highest BCUT2D eigenvalue weighted by Gasteiger charge is 2.21. The summed E-state index contributed by atoms with van der Waals surface area (Å²) in [6, 6.07) is 65.2. The van der Waals surface area contributed by atoms with Crippen molar-refractivity contribution in [1.82, 2.24) is 0 Å². The van der Waals surface area contributed by atoms with Crippen molar-refractivity contribution in [2.75, 3.05) is 6.54 Å². The minimum atomic E-state index is -1.01. The second-order valence-corrected chi connectivity index (χ2v) is 19.7. The predicted octanol–water partition coefficient (Wildman–Crippen LogP) is 2.97. The molecular formula is C38H39N2Si4+. The van der Waals surface area contributed by atoms with Crippen molar-refractivity contribution in [2.24, 2.45) is 4.30 Å². The van der Waals surface area contributed by atoms with Crippen molar-refractivity contribution >= 4 is 67.7 Å². The fraction of sp³-hybridized carbons (Fsp3) is 0.0526. The molecule has 0 aliphatic heterocycles. The quantitative estimate of drug-likeness (QED) is 0.217. The standard InChI is InChI=1S/C20H22NSi2.C18H17NSi2/c1-2-21(22-18-12-6-3-7-13-18)23(19-14-8-4-9-15-19)20-16-10-5-11-17-20;1-4-10-16(11-5-1)20-19-21(17-12-6-2-7-13-17)18-14-8-3-9-15-18/h3-17H,2,22H2,1H3;1-15H,20H2/q+1;. The van der Waals surface area contributed by atoms with Crippen molar-refractivity contribution < 1.29 is 3.88 Å².